The Bertz CT molecular complexity index is 368. The van der Waals surface area contributed by atoms with Crippen LogP contribution in [0.5, 0.6) is 0 Å². The van der Waals surface area contributed by atoms with Gasteiger partial charge in [0, 0.05) is 16.6 Å². The predicted molar refractivity (Wildman–Crippen MR) is 53.3 cm³/mol. The summed E-state index contributed by atoms with van der Waals surface area (Å²) in [6.07, 6.45) is 0. The molecule has 0 unspecified atom stereocenters. The van der Waals surface area contributed by atoms with Gasteiger partial charge in [0.2, 0.25) is 0 Å². The van der Waals surface area contributed by atoms with Gasteiger partial charge >= 0.3 is 5.97 Å². The Morgan fingerprint density at radius 2 is 2.29 bits per heavy atom. The first-order chi connectivity index (χ1) is 6.60. The lowest BCUT2D eigenvalue weighted by Crippen LogP contribution is -2.11. The molecule has 0 radical (unpaired) electrons. The van der Waals surface area contributed by atoms with Gasteiger partial charge < -0.3 is 10.5 Å². The second-order valence-electron chi connectivity index (χ2n) is 2.61. The molecule has 5 heteroatoms. The van der Waals surface area contributed by atoms with Gasteiger partial charge in [-0.25, -0.2) is 9.18 Å². The van der Waals surface area contributed by atoms with Gasteiger partial charge in [-0.3, -0.25) is 0 Å². The van der Waals surface area contributed by atoms with Gasteiger partial charge in [0.15, 0.2) is 0 Å². The van der Waals surface area contributed by atoms with Crippen LogP contribution in [-0.4, -0.2) is 13.1 Å². The maximum atomic E-state index is 13.3. The average molecular weight is 262 g/mol. The molecule has 0 fully saturated rings. The number of ether oxygens (including phenoxy) is 1. The Morgan fingerprint density at radius 1 is 1.64 bits per heavy atom. The van der Waals surface area contributed by atoms with Gasteiger partial charge in [-0.1, -0.05) is 15.9 Å². The van der Waals surface area contributed by atoms with E-state index >= 15 is 0 Å². The van der Waals surface area contributed by atoms with E-state index < -0.39 is 11.8 Å². The topological polar surface area (TPSA) is 52.3 Å². The fraction of sp³-hybridized carbons (Fsp3) is 0.222. The van der Waals surface area contributed by atoms with Crippen molar-refractivity contribution < 1.29 is 13.9 Å². The van der Waals surface area contributed by atoms with Gasteiger partial charge in [0.25, 0.3) is 0 Å². The number of carbonyl (C=O) groups is 1. The number of halogens is 2. The van der Waals surface area contributed by atoms with E-state index in [-0.39, 0.29) is 17.7 Å². The number of carbonyl (C=O) groups excluding carboxylic acids is 1. The van der Waals surface area contributed by atoms with Crippen molar-refractivity contribution in [1.82, 2.24) is 0 Å². The van der Waals surface area contributed by atoms with E-state index in [1.807, 2.05) is 0 Å². The molecule has 14 heavy (non-hydrogen) atoms. The normalized spacial score (nSPS) is 10.0. The highest BCUT2D eigenvalue weighted by Crippen LogP contribution is 2.20. The molecule has 0 bridgehead atoms. The van der Waals surface area contributed by atoms with E-state index in [9.17, 15) is 9.18 Å². The van der Waals surface area contributed by atoms with E-state index in [0.29, 0.717) is 4.47 Å². The molecule has 1 aromatic carbocycles. The Hall–Kier alpha value is -0.940. The Morgan fingerprint density at radius 3 is 2.79 bits per heavy atom. The van der Waals surface area contributed by atoms with Gasteiger partial charge in [-0.05, 0) is 12.1 Å². The first kappa shape index (κ1) is 11.1. The van der Waals surface area contributed by atoms with Crippen LogP contribution in [0.25, 0.3) is 0 Å². The van der Waals surface area contributed by atoms with Crippen LogP contribution in [0.1, 0.15) is 15.9 Å². The molecular weight excluding hydrogens is 253 g/mol. The summed E-state index contributed by atoms with van der Waals surface area (Å²) < 4.78 is 18.3. The summed E-state index contributed by atoms with van der Waals surface area (Å²) >= 11 is 3.09. The summed E-state index contributed by atoms with van der Waals surface area (Å²) in [7, 11) is 1.24. The fourth-order valence-corrected chi connectivity index (χ4v) is 1.53. The molecule has 3 nitrogen and oxygen atoms in total. The van der Waals surface area contributed by atoms with Crippen molar-refractivity contribution in [3.05, 3.63) is 33.5 Å². The molecule has 1 aromatic rings. The maximum Gasteiger partial charge on any atom is 0.338 e. The third kappa shape index (κ3) is 2.10. The number of hydrogen-bond donors (Lipinski definition) is 1. The van der Waals surface area contributed by atoms with Crippen LogP contribution in [0.3, 0.4) is 0 Å². The zero-order valence-electron chi connectivity index (χ0n) is 7.51. The maximum absolute atomic E-state index is 13.3. The molecule has 76 valence electrons. The number of hydrogen-bond acceptors (Lipinski definition) is 3. The Kier molecular flexibility index (Phi) is 3.60. The lowest BCUT2D eigenvalue weighted by molar-refractivity contribution is 0.0598. The van der Waals surface area contributed by atoms with Crippen molar-refractivity contribution in [1.29, 1.82) is 0 Å². The summed E-state index contributed by atoms with van der Waals surface area (Å²) in [5.41, 5.74) is 5.65. The molecular formula is C9H9BrFNO2. The predicted octanol–water partition coefficient (Wildman–Crippen LogP) is 1.83. The molecule has 0 spiro atoms. The first-order valence-corrected chi connectivity index (χ1v) is 4.65. The lowest BCUT2D eigenvalue weighted by Gasteiger charge is -2.07. The van der Waals surface area contributed by atoms with Crippen molar-refractivity contribution in [3.63, 3.8) is 0 Å². The number of benzene rings is 1. The quantitative estimate of drug-likeness (QED) is 0.827. The van der Waals surface area contributed by atoms with Crippen LogP contribution in [0.4, 0.5) is 4.39 Å². The zero-order valence-corrected chi connectivity index (χ0v) is 9.10. The van der Waals surface area contributed by atoms with Crippen LogP contribution in [0.15, 0.2) is 16.6 Å². The molecule has 0 aliphatic carbocycles. The molecule has 0 atom stereocenters. The van der Waals surface area contributed by atoms with Crippen molar-refractivity contribution in [2.24, 2.45) is 5.73 Å². The number of rotatable bonds is 2. The van der Waals surface area contributed by atoms with Gasteiger partial charge in [0.1, 0.15) is 5.82 Å². The van der Waals surface area contributed by atoms with Crippen LogP contribution in [0, 0.1) is 5.82 Å². The standard InChI is InChI=1S/C9H9BrFNO2/c1-14-9(13)6-2-5(10)3-8(11)7(6)4-12/h2-3H,4,12H2,1H3. The highest BCUT2D eigenvalue weighted by molar-refractivity contribution is 9.10. The summed E-state index contributed by atoms with van der Waals surface area (Å²) in [5, 5.41) is 0. The largest absolute Gasteiger partial charge is 0.465 e. The number of methoxy groups -OCH3 is 1. The van der Waals surface area contributed by atoms with Crippen molar-refractivity contribution in [2.75, 3.05) is 7.11 Å². The summed E-state index contributed by atoms with van der Waals surface area (Å²) in [6.45, 7) is -0.0381. The smallest absolute Gasteiger partial charge is 0.338 e. The van der Waals surface area contributed by atoms with E-state index in [1.54, 1.807) is 0 Å². The van der Waals surface area contributed by atoms with Crippen molar-refractivity contribution >= 4 is 21.9 Å². The van der Waals surface area contributed by atoms with E-state index in [2.05, 4.69) is 20.7 Å². The number of nitrogens with two attached hydrogens (primary N) is 1. The van der Waals surface area contributed by atoms with Crippen LogP contribution in [0.2, 0.25) is 0 Å². The highest BCUT2D eigenvalue weighted by Gasteiger charge is 2.15. The summed E-state index contributed by atoms with van der Waals surface area (Å²) in [4.78, 5) is 11.2. The molecule has 2 N–H and O–H groups in total. The zero-order chi connectivity index (χ0) is 10.7. The van der Waals surface area contributed by atoms with Gasteiger partial charge in [-0.15, -0.1) is 0 Å². The van der Waals surface area contributed by atoms with Crippen LogP contribution >= 0.6 is 15.9 Å². The third-order valence-corrected chi connectivity index (χ3v) is 2.23. The van der Waals surface area contributed by atoms with Crippen LogP contribution in [-0.2, 0) is 11.3 Å². The van der Waals surface area contributed by atoms with Gasteiger partial charge in [0.05, 0.1) is 12.7 Å². The van der Waals surface area contributed by atoms with E-state index in [1.165, 1.54) is 19.2 Å². The molecule has 0 aliphatic rings. The van der Waals surface area contributed by atoms with Crippen molar-refractivity contribution in [3.8, 4) is 0 Å². The Balaban J connectivity index is 3.32. The minimum atomic E-state index is -0.592. The summed E-state index contributed by atoms with van der Waals surface area (Å²) in [5.74, 6) is -1.10. The van der Waals surface area contributed by atoms with Crippen LogP contribution < -0.4 is 5.73 Å². The van der Waals surface area contributed by atoms with Crippen molar-refractivity contribution in [2.45, 2.75) is 6.54 Å². The van der Waals surface area contributed by atoms with E-state index in [0.717, 1.165) is 0 Å². The lowest BCUT2D eigenvalue weighted by atomic mass is 10.1. The highest BCUT2D eigenvalue weighted by atomic mass is 79.9. The molecule has 0 aromatic heterocycles. The molecule has 0 heterocycles. The molecule has 0 saturated heterocycles. The molecule has 0 aliphatic heterocycles. The number of esters is 1. The first-order valence-electron chi connectivity index (χ1n) is 3.86. The third-order valence-electron chi connectivity index (χ3n) is 1.77. The fourth-order valence-electron chi connectivity index (χ4n) is 1.10. The monoisotopic (exact) mass is 261 g/mol. The second-order valence-corrected chi connectivity index (χ2v) is 3.53. The minimum absolute atomic E-state index is 0.0381. The molecule has 0 saturated carbocycles. The molecule has 0 amide bonds. The minimum Gasteiger partial charge on any atom is -0.465 e. The molecule has 1 rings (SSSR count). The second kappa shape index (κ2) is 4.52. The Labute approximate surface area is 89.2 Å². The average Bonchev–Trinajstić information content (AvgIpc) is 2.15. The van der Waals surface area contributed by atoms with E-state index in [4.69, 9.17) is 5.73 Å². The van der Waals surface area contributed by atoms with Gasteiger partial charge in [-0.2, -0.15) is 0 Å². The SMILES string of the molecule is COC(=O)c1cc(Br)cc(F)c1CN. The summed E-state index contributed by atoms with van der Waals surface area (Å²) in [6, 6.07) is 2.74.